The van der Waals surface area contributed by atoms with Crippen molar-refractivity contribution in [2.24, 2.45) is 0 Å². The molecule has 0 radical (unpaired) electrons. The first kappa shape index (κ1) is 27.1. The summed E-state index contributed by atoms with van der Waals surface area (Å²) in [6.45, 7) is 0. The summed E-state index contributed by atoms with van der Waals surface area (Å²) in [6.07, 6.45) is 0. The molecule has 0 fully saturated rings. The summed E-state index contributed by atoms with van der Waals surface area (Å²) >= 11 is 1.88. The number of benzene rings is 9. The van der Waals surface area contributed by atoms with E-state index in [2.05, 4.69) is 170 Å². The van der Waals surface area contributed by atoms with E-state index in [1.807, 2.05) is 11.8 Å². The molecule has 0 N–H and O–H groups in total. The van der Waals surface area contributed by atoms with E-state index in [-0.39, 0.29) is 0 Å². The highest BCUT2D eigenvalue weighted by Gasteiger charge is 2.30. The Morgan fingerprint density at radius 1 is 0.286 bits per heavy atom. The molecule has 11 rings (SSSR count). The van der Waals surface area contributed by atoms with Crippen molar-refractivity contribution in [2.45, 2.75) is 9.79 Å². The van der Waals surface area contributed by atoms with Crippen molar-refractivity contribution in [2.75, 3.05) is 0 Å². The topological polar surface area (TPSA) is 0 Å². The number of fused-ring (bicyclic) bond motifs is 6. The average molecular weight is 637 g/mol. The summed E-state index contributed by atoms with van der Waals surface area (Å²) in [5.74, 6) is 0. The van der Waals surface area contributed by atoms with E-state index < -0.39 is 0 Å². The van der Waals surface area contributed by atoms with E-state index >= 15 is 0 Å². The van der Waals surface area contributed by atoms with Crippen molar-refractivity contribution in [1.29, 1.82) is 0 Å². The van der Waals surface area contributed by atoms with E-state index in [4.69, 9.17) is 0 Å². The molecule has 1 heterocycles. The van der Waals surface area contributed by atoms with Crippen molar-refractivity contribution < 1.29 is 0 Å². The minimum atomic E-state index is 1.23. The van der Waals surface area contributed by atoms with Gasteiger partial charge in [0, 0.05) is 15.2 Å². The second kappa shape index (κ2) is 10.3. The second-order valence-corrected chi connectivity index (χ2v) is 14.3. The minimum absolute atomic E-state index is 1.23. The summed E-state index contributed by atoms with van der Waals surface area (Å²) in [7, 11) is 0. The van der Waals surface area contributed by atoms with Crippen LogP contribution in [0, 0.1) is 0 Å². The molecule has 0 nitrogen and oxygen atoms in total. The Morgan fingerprint density at radius 2 is 0.837 bits per heavy atom. The third-order valence-corrected chi connectivity index (χ3v) is 11.7. The lowest BCUT2D eigenvalue weighted by molar-refractivity contribution is 1.39. The highest BCUT2D eigenvalue weighted by Crippen LogP contribution is 2.58. The van der Waals surface area contributed by atoms with Crippen LogP contribution in [0.3, 0.4) is 0 Å². The third-order valence-electron chi connectivity index (χ3n) is 10.6. The van der Waals surface area contributed by atoms with Gasteiger partial charge in [-0.05, 0) is 118 Å². The van der Waals surface area contributed by atoms with Crippen LogP contribution in [0.4, 0.5) is 0 Å². The predicted molar refractivity (Wildman–Crippen MR) is 209 cm³/mol. The van der Waals surface area contributed by atoms with Gasteiger partial charge in [0.25, 0.3) is 0 Å². The molecule has 0 unspecified atom stereocenters. The molecule has 1 heteroatoms. The summed E-state index contributed by atoms with van der Waals surface area (Å²) in [4.78, 5) is 2.66. The van der Waals surface area contributed by atoms with Crippen molar-refractivity contribution >= 4 is 44.1 Å². The van der Waals surface area contributed by atoms with Crippen LogP contribution >= 0.6 is 11.8 Å². The molecule has 0 amide bonds. The summed E-state index contributed by atoms with van der Waals surface area (Å²) < 4.78 is 0. The molecule has 0 aromatic heterocycles. The highest BCUT2D eigenvalue weighted by molar-refractivity contribution is 7.99. The van der Waals surface area contributed by atoms with E-state index in [0.717, 1.165) is 0 Å². The Labute approximate surface area is 289 Å². The van der Waals surface area contributed by atoms with Crippen molar-refractivity contribution in [3.8, 4) is 66.8 Å². The Hall–Kier alpha value is -5.89. The second-order valence-electron chi connectivity index (χ2n) is 13.2. The fraction of sp³-hybridized carbons (Fsp3) is 0. The maximum atomic E-state index is 2.42. The highest BCUT2D eigenvalue weighted by atomic mass is 32.2. The first-order valence-corrected chi connectivity index (χ1v) is 17.7. The van der Waals surface area contributed by atoms with Gasteiger partial charge >= 0.3 is 0 Å². The Bertz CT molecular complexity index is 2830. The van der Waals surface area contributed by atoms with Crippen molar-refractivity contribution in [3.05, 3.63) is 170 Å². The van der Waals surface area contributed by atoms with E-state index in [1.54, 1.807) is 0 Å². The first-order chi connectivity index (χ1) is 24.3. The quantitative estimate of drug-likeness (QED) is 0.186. The molecular weight excluding hydrogens is 609 g/mol. The first-order valence-electron chi connectivity index (χ1n) is 16.9. The normalized spacial score (nSPS) is 12.4. The molecule has 0 saturated carbocycles. The Balaban J connectivity index is 1.18. The molecule has 226 valence electrons. The molecule has 9 aromatic rings. The van der Waals surface area contributed by atoms with Crippen LogP contribution in [0.2, 0.25) is 0 Å². The zero-order chi connectivity index (χ0) is 32.1. The molecule has 1 aliphatic heterocycles. The van der Waals surface area contributed by atoms with Crippen LogP contribution in [0.25, 0.3) is 99.1 Å². The van der Waals surface area contributed by atoms with Crippen LogP contribution < -0.4 is 0 Å². The fourth-order valence-corrected chi connectivity index (χ4v) is 9.67. The van der Waals surface area contributed by atoms with Crippen LogP contribution in [-0.2, 0) is 0 Å². The van der Waals surface area contributed by atoms with Crippen molar-refractivity contribution in [1.82, 2.24) is 0 Å². The van der Waals surface area contributed by atoms with Gasteiger partial charge in [-0.3, -0.25) is 0 Å². The lowest BCUT2D eigenvalue weighted by Crippen LogP contribution is -1.94. The molecule has 2 aliphatic rings. The fourth-order valence-electron chi connectivity index (χ4n) is 8.54. The van der Waals surface area contributed by atoms with Gasteiger partial charge in [-0.1, -0.05) is 157 Å². The molecule has 0 saturated heterocycles. The van der Waals surface area contributed by atoms with Gasteiger partial charge in [-0.25, -0.2) is 0 Å². The van der Waals surface area contributed by atoms with Crippen LogP contribution in [-0.4, -0.2) is 0 Å². The number of hydrogen-bond donors (Lipinski definition) is 0. The standard InChI is InChI=1S/C48H28S/c1-2-11-31(12-3-1)45-35-19-4-5-20-36(35)46(48-39-23-9-14-29-13-8-22-38(43(29)39)47(45)48)34-18-6-17-32(27-34)33-25-26-41-40(28-33)37-21-7-15-30-16-10-24-42(49-41)44(30)37/h1-28H. The molecule has 0 atom stereocenters. The van der Waals surface area contributed by atoms with Gasteiger partial charge in [0.2, 0.25) is 0 Å². The van der Waals surface area contributed by atoms with Gasteiger partial charge < -0.3 is 0 Å². The lowest BCUT2D eigenvalue weighted by Gasteiger charge is -2.22. The van der Waals surface area contributed by atoms with Gasteiger partial charge in [-0.2, -0.15) is 0 Å². The molecular formula is C48H28S. The average Bonchev–Trinajstić information content (AvgIpc) is 3.49. The largest absolute Gasteiger partial charge is 0.0888 e. The molecule has 0 bridgehead atoms. The van der Waals surface area contributed by atoms with Gasteiger partial charge in [0.05, 0.1) is 0 Å². The van der Waals surface area contributed by atoms with E-state index in [9.17, 15) is 0 Å². The predicted octanol–water partition coefficient (Wildman–Crippen LogP) is 13.9. The van der Waals surface area contributed by atoms with Gasteiger partial charge in [0.1, 0.15) is 0 Å². The SMILES string of the molecule is c1ccc(-c2c3c(c(-c4cccc(-c5ccc6c(c5)-c5cccc7cccc(c57)S6)c4)c4ccccc24)-c2cccc4cccc-3c24)cc1. The van der Waals surface area contributed by atoms with Crippen molar-refractivity contribution in [3.63, 3.8) is 0 Å². The lowest BCUT2D eigenvalue weighted by atomic mass is 9.82. The molecule has 9 aromatic carbocycles. The monoisotopic (exact) mass is 636 g/mol. The maximum Gasteiger partial charge on any atom is 0.0207 e. The van der Waals surface area contributed by atoms with Crippen LogP contribution in [0.5, 0.6) is 0 Å². The summed E-state index contributed by atoms with van der Waals surface area (Å²) in [6, 6.07) is 63.2. The van der Waals surface area contributed by atoms with E-state index in [0.29, 0.717) is 0 Å². The molecule has 0 spiro atoms. The third kappa shape index (κ3) is 3.88. The number of hydrogen-bond acceptors (Lipinski definition) is 1. The zero-order valence-corrected chi connectivity index (χ0v) is 27.4. The molecule has 49 heavy (non-hydrogen) atoms. The maximum absolute atomic E-state index is 2.42. The Kier molecular flexibility index (Phi) is 5.70. The van der Waals surface area contributed by atoms with E-state index in [1.165, 1.54) is 109 Å². The molecule has 1 aliphatic carbocycles. The van der Waals surface area contributed by atoms with Crippen LogP contribution in [0.1, 0.15) is 0 Å². The Morgan fingerprint density at radius 3 is 1.57 bits per heavy atom. The summed E-state index contributed by atoms with van der Waals surface area (Å²) in [5.41, 5.74) is 15.6. The van der Waals surface area contributed by atoms with Gasteiger partial charge in [-0.15, -0.1) is 0 Å². The zero-order valence-electron chi connectivity index (χ0n) is 26.6. The van der Waals surface area contributed by atoms with Gasteiger partial charge in [0.15, 0.2) is 0 Å². The smallest absolute Gasteiger partial charge is 0.0207 e. The number of rotatable bonds is 3. The minimum Gasteiger partial charge on any atom is -0.0888 e. The van der Waals surface area contributed by atoms with Crippen LogP contribution in [0.15, 0.2) is 180 Å². The summed E-state index contributed by atoms with van der Waals surface area (Å²) in [5, 5.41) is 7.88.